The van der Waals surface area contributed by atoms with Crippen molar-refractivity contribution in [3.63, 3.8) is 0 Å². The van der Waals surface area contributed by atoms with Gasteiger partial charge in [0.05, 0.1) is 12.8 Å². The van der Waals surface area contributed by atoms with Gasteiger partial charge < -0.3 is 20.3 Å². The van der Waals surface area contributed by atoms with Crippen molar-refractivity contribution in [2.75, 3.05) is 43.5 Å². The van der Waals surface area contributed by atoms with E-state index in [9.17, 15) is 18.0 Å². The first-order valence-electron chi connectivity index (χ1n) is 13.4. The Hall–Kier alpha value is -2.79. The highest BCUT2D eigenvalue weighted by atomic mass is 35.5. The van der Waals surface area contributed by atoms with Crippen LogP contribution in [0.15, 0.2) is 24.4 Å². The summed E-state index contributed by atoms with van der Waals surface area (Å²) in [6, 6.07) is 6.29. The zero-order chi connectivity index (χ0) is 27.4. The van der Waals surface area contributed by atoms with Gasteiger partial charge in [-0.05, 0) is 62.0 Å². The lowest BCUT2D eigenvalue weighted by molar-refractivity contribution is -0.138. The average Bonchev–Trinajstić information content (AvgIpc) is 2.88. The number of piperazine rings is 1. The largest absolute Gasteiger partial charge is 0.494 e. The van der Waals surface area contributed by atoms with E-state index >= 15 is 0 Å². The molecule has 1 aromatic carbocycles. The second kappa shape index (κ2) is 9.99. The third-order valence-electron chi connectivity index (χ3n) is 9.17. The van der Waals surface area contributed by atoms with Crippen LogP contribution >= 0.6 is 11.6 Å². The van der Waals surface area contributed by atoms with E-state index in [1.807, 2.05) is 18.2 Å². The summed E-state index contributed by atoms with van der Waals surface area (Å²) < 4.78 is 44.5. The van der Waals surface area contributed by atoms with Crippen LogP contribution < -0.4 is 20.3 Å². The number of anilines is 3. The molecule has 1 aromatic heterocycles. The molecule has 0 spiro atoms. The molecule has 5 aliphatic rings. The Morgan fingerprint density at radius 2 is 1.85 bits per heavy atom. The first kappa shape index (κ1) is 26.4. The standard InChI is InChI=1S/C27H32ClF3N6O2/c1-39-22-10-19(2-3-21(22)34-25-32-14-20(24(28)35-25)27(29,30)31)36-4-6-37(7-5-36)23-17-8-16-9-18(23)13-26(11-16,12-17)33-15-38/h2-3,10,14-18,23H,4-9,11-13H2,1H3,(H,33,38)(H,32,34,35). The van der Waals surface area contributed by atoms with E-state index in [4.69, 9.17) is 16.3 Å². The van der Waals surface area contributed by atoms with Gasteiger partial charge in [-0.2, -0.15) is 13.2 Å². The second-order valence-electron chi connectivity index (χ2n) is 11.4. The molecule has 1 amide bonds. The quantitative estimate of drug-likeness (QED) is 0.372. The zero-order valence-electron chi connectivity index (χ0n) is 21.7. The van der Waals surface area contributed by atoms with E-state index in [0.717, 1.165) is 63.5 Å². The van der Waals surface area contributed by atoms with Gasteiger partial charge in [0.2, 0.25) is 12.4 Å². The van der Waals surface area contributed by atoms with Gasteiger partial charge in [-0.25, -0.2) is 9.97 Å². The predicted molar refractivity (Wildman–Crippen MR) is 141 cm³/mol. The molecule has 2 unspecified atom stereocenters. The van der Waals surface area contributed by atoms with Gasteiger partial charge in [-0.3, -0.25) is 9.69 Å². The van der Waals surface area contributed by atoms with Crippen molar-refractivity contribution in [3.8, 4) is 5.75 Å². The summed E-state index contributed by atoms with van der Waals surface area (Å²) in [5.41, 5.74) is 0.492. The Labute approximate surface area is 230 Å². The monoisotopic (exact) mass is 564 g/mol. The topological polar surface area (TPSA) is 82.6 Å². The highest BCUT2D eigenvalue weighted by molar-refractivity contribution is 6.30. The van der Waals surface area contributed by atoms with Crippen LogP contribution in [0.2, 0.25) is 5.15 Å². The first-order chi connectivity index (χ1) is 18.7. The molecule has 39 heavy (non-hydrogen) atoms. The molecule has 2 heterocycles. The van der Waals surface area contributed by atoms with Gasteiger partial charge in [0.25, 0.3) is 0 Å². The van der Waals surface area contributed by atoms with Gasteiger partial charge in [0.15, 0.2) is 0 Å². The minimum atomic E-state index is -4.62. The number of carbonyl (C=O) groups excluding carboxylic acids is 1. The highest BCUT2D eigenvalue weighted by Crippen LogP contribution is 2.57. The number of benzene rings is 1. The number of ether oxygens (including phenoxy) is 1. The molecule has 12 heteroatoms. The molecular formula is C27H32ClF3N6O2. The summed E-state index contributed by atoms with van der Waals surface area (Å²) in [5.74, 6) is 2.54. The summed E-state index contributed by atoms with van der Waals surface area (Å²) in [6.45, 7) is 3.75. The van der Waals surface area contributed by atoms with Crippen LogP contribution in [0, 0.1) is 17.8 Å². The Bertz CT molecular complexity index is 1220. The van der Waals surface area contributed by atoms with Crippen LogP contribution in [0.1, 0.15) is 37.7 Å². The Kier molecular flexibility index (Phi) is 6.77. The van der Waals surface area contributed by atoms with E-state index in [1.165, 1.54) is 12.8 Å². The molecule has 4 saturated carbocycles. The summed E-state index contributed by atoms with van der Waals surface area (Å²) >= 11 is 5.74. The molecular weight excluding hydrogens is 533 g/mol. The third kappa shape index (κ3) is 4.99. The minimum absolute atomic E-state index is 0.0274. The molecule has 8 nitrogen and oxygen atoms in total. The van der Waals surface area contributed by atoms with Gasteiger partial charge in [0.1, 0.15) is 16.5 Å². The van der Waals surface area contributed by atoms with Crippen LogP contribution in [0.4, 0.5) is 30.5 Å². The Morgan fingerprint density at radius 1 is 1.13 bits per heavy atom. The van der Waals surface area contributed by atoms with E-state index in [2.05, 4.69) is 30.4 Å². The minimum Gasteiger partial charge on any atom is -0.494 e. The molecule has 5 fully saturated rings. The Morgan fingerprint density at radius 3 is 2.46 bits per heavy atom. The van der Waals surface area contributed by atoms with Gasteiger partial charge in [-0.1, -0.05) is 11.6 Å². The number of rotatable bonds is 7. The molecule has 2 atom stereocenters. The van der Waals surface area contributed by atoms with Crippen molar-refractivity contribution in [2.45, 2.75) is 49.9 Å². The van der Waals surface area contributed by atoms with Crippen LogP contribution in [0.25, 0.3) is 0 Å². The van der Waals surface area contributed by atoms with Crippen LogP contribution in [-0.2, 0) is 11.0 Å². The fraction of sp³-hybridized carbons (Fsp3) is 0.593. The molecule has 0 radical (unpaired) electrons. The SMILES string of the molecule is COc1cc(N2CCN(C3C4CC5CC3CC(NC=O)(C5)C4)CC2)ccc1Nc1ncc(C(F)(F)F)c(Cl)n1. The molecule has 7 rings (SSSR count). The zero-order valence-corrected chi connectivity index (χ0v) is 22.4. The maximum atomic E-state index is 13.0. The first-order valence-corrected chi connectivity index (χ1v) is 13.8. The molecule has 4 aliphatic carbocycles. The normalized spacial score (nSPS) is 30.3. The van der Waals surface area contributed by atoms with E-state index in [0.29, 0.717) is 35.5 Å². The number of nitrogens with one attached hydrogen (secondary N) is 2. The van der Waals surface area contributed by atoms with Gasteiger partial charge >= 0.3 is 6.18 Å². The summed E-state index contributed by atoms with van der Waals surface area (Å²) in [4.78, 5) is 23.8. The van der Waals surface area contributed by atoms with E-state index in [1.54, 1.807) is 7.11 Å². The number of methoxy groups -OCH3 is 1. The fourth-order valence-corrected chi connectivity index (χ4v) is 8.12. The number of hydrogen-bond acceptors (Lipinski definition) is 7. The highest BCUT2D eigenvalue weighted by Gasteiger charge is 2.56. The fourth-order valence-electron chi connectivity index (χ4n) is 7.89. The van der Waals surface area contributed by atoms with Crippen molar-refractivity contribution >= 4 is 35.3 Å². The molecule has 1 saturated heterocycles. The lowest BCUT2D eigenvalue weighted by atomic mass is 9.50. The molecule has 4 bridgehead atoms. The van der Waals surface area contributed by atoms with E-state index in [-0.39, 0.29) is 11.5 Å². The average molecular weight is 565 g/mol. The number of halogens is 4. The Balaban J connectivity index is 1.11. The maximum Gasteiger partial charge on any atom is 0.420 e. The molecule has 2 aromatic rings. The van der Waals surface area contributed by atoms with Crippen LogP contribution in [0.3, 0.4) is 0 Å². The number of hydrogen-bond donors (Lipinski definition) is 2. The third-order valence-corrected chi connectivity index (χ3v) is 9.46. The summed E-state index contributed by atoms with van der Waals surface area (Å²) in [6.07, 6.45) is 2.86. The van der Waals surface area contributed by atoms with Crippen molar-refractivity contribution < 1.29 is 22.7 Å². The number of nitrogens with zero attached hydrogens (tertiary/aromatic N) is 4. The van der Waals surface area contributed by atoms with Gasteiger partial charge in [0, 0.05) is 55.7 Å². The summed E-state index contributed by atoms with van der Waals surface area (Å²) in [7, 11) is 1.54. The predicted octanol–water partition coefficient (Wildman–Crippen LogP) is 4.72. The van der Waals surface area contributed by atoms with Crippen molar-refractivity contribution in [1.82, 2.24) is 20.2 Å². The lowest BCUT2D eigenvalue weighted by Crippen LogP contribution is -2.67. The number of amides is 1. The number of aromatic nitrogens is 2. The molecule has 210 valence electrons. The van der Waals surface area contributed by atoms with Crippen LogP contribution in [-0.4, -0.2) is 66.1 Å². The van der Waals surface area contributed by atoms with E-state index < -0.39 is 16.9 Å². The maximum absolute atomic E-state index is 13.0. The molecule has 2 N–H and O–H groups in total. The number of carbonyl (C=O) groups is 1. The smallest absolute Gasteiger partial charge is 0.420 e. The van der Waals surface area contributed by atoms with Gasteiger partial charge in [-0.15, -0.1) is 0 Å². The number of alkyl halides is 3. The lowest BCUT2D eigenvalue weighted by Gasteiger charge is -2.62. The van der Waals surface area contributed by atoms with Crippen molar-refractivity contribution in [1.29, 1.82) is 0 Å². The van der Waals surface area contributed by atoms with Crippen molar-refractivity contribution in [3.05, 3.63) is 35.1 Å². The van der Waals surface area contributed by atoms with Crippen LogP contribution in [0.5, 0.6) is 5.75 Å². The van der Waals surface area contributed by atoms with Crippen molar-refractivity contribution in [2.24, 2.45) is 17.8 Å². The molecule has 1 aliphatic heterocycles. The summed E-state index contributed by atoms with van der Waals surface area (Å²) in [5, 5.41) is 5.45. The second-order valence-corrected chi connectivity index (χ2v) is 11.8.